The minimum atomic E-state index is -0.170. The van der Waals surface area contributed by atoms with Crippen molar-refractivity contribution in [3.05, 3.63) is 11.1 Å². The molecule has 76 valence electrons. The molecule has 0 aliphatic carbocycles. The summed E-state index contributed by atoms with van der Waals surface area (Å²) >= 11 is 0. The van der Waals surface area contributed by atoms with E-state index in [0.29, 0.717) is 6.61 Å². The predicted octanol–water partition coefficient (Wildman–Crippen LogP) is 3.08. The Hall–Kier alpha value is -0.790. The van der Waals surface area contributed by atoms with Crippen LogP contribution in [0.25, 0.3) is 0 Å². The number of carbonyl (C=O) groups is 1. The van der Waals surface area contributed by atoms with E-state index in [1.807, 2.05) is 13.8 Å². The van der Waals surface area contributed by atoms with Gasteiger partial charge in [0.05, 0.1) is 6.61 Å². The monoisotopic (exact) mass is 184 g/mol. The van der Waals surface area contributed by atoms with Gasteiger partial charge < -0.3 is 4.74 Å². The molecule has 13 heavy (non-hydrogen) atoms. The molecule has 0 atom stereocenters. The third kappa shape index (κ3) is 5.45. The van der Waals surface area contributed by atoms with E-state index in [-0.39, 0.29) is 5.97 Å². The topological polar surface area (TPSA) is 26.3 Å². The van der Waals surface area contributed by atoms with Crippen molar-refractivity contribution in [3.63, 3.8) is 0 Å². The van der Waals surface area contributed by atoms with Crippen molar-refractivity contribution in [2.75, 3.05) is 6.61 Å². The lowest BCUT2D eigenvalue weighted by atomic mass is 10.2. The van der Waals surface area contributed by atoms with Crippen LogP contribution < -0.4 is 0 Å². The van der Waals surface area contributed by atoms with Gasteiger partial charge in [-0.15, -0.1) is 0 Å². The Morgan fingerprint density at radius 1 is 1.15 bits per heavy atom. The molecule has 0 fully saturated rings. The van der Waals surface area contributed by atoms with Gasteiger partial charge in [-0.1, -0.05) is 25.3 Å². The van der Waals surface area contributed by atoms with Gasteiger partial charge in [0.1, 0.15) is 0 Å². The maximum atomic E-state index is 11.3. The highest BCUT2D eigenvalue weighted by Crippen LogP contribution is 2.05. The van der Waals surface area contributed by atoms with Crippen molar-refractivity contribution < 1.29 is 9.53 Å². The Balaban J connectivity index is 3.70. The molecule has 0 radical (unpaired) electrons. The van der Waals surface area contributed by atoms with Crippen molar-refractivity contribution in [2.45, 2.75) is 47.0 Å². The summed E-state index contributed by atoms with van der Waals surface area (Å²) in [6.45, 7) is 8.32. The Kier molecular flexibility index (Phi) is 6.29. The standard InChI is InChI=1S/C11H20O2/c1-5-6-7-8-13-11(12)10(4)9(2)3/h5-8H2,1-4H3. The normalized spacial score (nSPS) is 9.54. The fraction of sp³-hybridized carbons (Fsp3) is 0.727. The van der Waals surface area contributed by atoms with Gasteiger partial charge in [0.2, 0.25) is 0 Å². The molecule has 0 rings (SSSR count). The molecule has 2 nitrogen and oxygen atoms in total. The average molecular weight is 184 g/mol. The minimum Gasteiger partial charge on any atom is -0.462 e. The van der Waals surface area contributed by atoms with Crippen molar-refractivity contribution in [2.24, 2.45) is 0 Å². The van der Waals surface area contributed by atoms with Crippen molar-refractivity contribution in [1.29, 1.82) is 0 Å². The molecule has 0 unspecified atom stereocenters. The van der Waals surface area contributed by atoms with Crippen LogP contribution in [0, 0.1) is 0 Å². The first-order valence-corrected chi connectivity index (χ1v) is 4.90. The highest BCUT2D eigenvalue weighted by molar-refractivity contribution is 5.88. The van der Waals surface area contributed by atoms with Crippen LogP contribution in [0.3, 0.4) is 0 Å². The number of carbonyl (C=O) groups excluding carboxylic acids is 1. The van der Waals surface area contributed by atoms with E-state index in [1.165, 1.54) is 0 Å². The largest absolute Gasteiger partial charge is 0.462 e. The molecule has 0 aliphatic rings. The van der Waals surface area contributed by atoms with Gasteiger partial charge in [-0.05, 0) is 27.2 Å². The lowest BCUT2D eigenvalue weighted by Gasteiger charge is -2.05. The molecule has 0 spiro atoms. The molecule has 0 bridgehead atoms. The summed E-state index contributed by atoms with van der Waals surface area (Å²) in [5.74, 6) is -0.170. The van der Waals surface area contributed by atoms with Crippen molar-refractivity contribution >= 4 is 5.97 Å². The summed E-state index contributed by atoms with van der Waals surface area (Å²) in [5, 5.41) is 0. The molecule has 0 aromatic carbocycles. The number of esters is 1. The SMILES string of the molecule is CCCCCOC(=O)C(C)=C(C)C. The Bertz CT molecular complexity index is 188. The highest BCUT2D eigenvalue weighted by atomic mass is 16.5. The predicted molar refractivity (Wildman–Crippen MR) is 54.5 cm³/mol. The molecule has 0 saturated heterocycles. The van der Waals surface area contributed by atoms with Gasteiger partial charge in [-0.2, -0.15) is 0 Å². The fourth-order valence-electron chi connectivity index (χ4n) is 0.829. The first-order chi connectivity index (χ1) is 6.09. The van der Waals surface area contributed by atoms with Crippen LogP contribution in [0.2, 0.25) is 0 Å². The third-order valence-corrected chi connectivity index (χ3v) is 2.04. The summed E-state index contributed by atoms with van der Waals surface area (Å²) < 4.78 is 5.07. The van der Waals surface area contributed by atoms with Gasteiger partial charge in [0.15, 0.2) is 0 Å². The second-order valence-electron chi connectivity index (χ2n) is 3.47. The van der Waals surface area contributed by atoms with Crippen LogP contribution >= 0.6 is 0 Å². The van der Waals surface area contributed by atoms with Crippen LogP contribution in [-0.2, 0) is 9.53 Å². The van der Waals surface area contributed by atoms with Crippen LogP contribution in [0.4, 0.5) is 0 Å². The molecule has 0 aromatic rings. The molecular weight excluding hydrogens is 164 g/mol. The maximum absolute atomic E-state index is 11.3. The number of allylic oxidation sites excluding steroid dienone is 1. The molecule has 0 aliphatic heterocycles. The van der Waals surface area contributed by atoms with Crippen molar-refractivity contribution in [1.82, 2.24) is 0 Å². The summed E-state index contributed by atoms with van der Waals surface area (Å²) in [4.78, 5) is 11.3. The van der Waals surface area contributed by atoms with Crippen LogP contribution in [0.1, 0.15) is 47.0 Å². The van der Waals surface area contributed by atoms with Crippen LogP contribution in [-0.4, -0.2) is 12.6 Å². The molecule has 0 aromatic heterocycles. The Labute approximate surface area is 81.0 Å². The second-order valence-corrected chi connectivity index (χ2v) is 3.47. The van der Waals surface area contributed by atoms with Gasteiger partial charge in [-0.3, -0.25) is 0 Å². The first-order valence-electron chi connectivity index (χ1n) is 4.90. The zero-order valence-corrected chi connectivity index (χ0v) is 9.14. The zero-order chi connectivity index (χ0) is 10.3. The molecule has 0 N–H and O–H groups in total. The van der Waals surface area contributed by atoms with Gasteiger partial charge in [-0.25, -0.2) is 4.79 Å². The first kappa shape index (κ1) is 12.2. The van der Waals surface area contributed by atoms with Gasteiger partial charge in [0, 0.05) is 5.57 Å². The Morgan fingerprint density at radius 2 is 1.77 bits per heavy atom. The number of hydrogen-bond acceptors (Lipinski definition) is 2. The van der Waals surface area contributed by atoms with Crippen molar-refractivity contribution in [3.8, 4) is 0 Å². The van der Waals surface area contributed by atoms with E-state index in [1.54, 1.807) is 6.92 Å². The lowest BCUT2D eigenvalue weighted by molar-refractivity contribution is -0.139. The van der Waals surface area contributed by atoms with E-state index in [2.05, 4.69) is 6.92 Å². The lowest BCUT2D eigenvalue weighted by Crippen LogP contribution is -2.08. The van der Waals surface area contributed by atoms with Gasteiger partial charge in [0.25, 0.3) is 0 Å². The molecule has 2 heteroatoms. The molecule has 0 saturated carbocycles. The molecule has 0 heterocycles. The highest BCUT2D eigenvalue weighted by Gasteiger charge is 2.05. The number of hydrogen-bond donors (Lipinski definition) is 0. The number of rotatable bonds is 5. The quantitative estimate of drug-likeness (QED) is 0.373. The molecular formula is C11H20O2. The van der Waals surface area contributed by atoms with E-state index >= 15 is 0 Å². The number of ether oxygens (including phenoxy) is 1. The maximum Gasteiger partial charge on any atom is 0.333 e. The van der Waals surface area contributed by atoms with Gasteiger partial charge >= 0.3 is 5.97 Å². The Morgan fingerprint density at radius 3 is 2.23 bits per heavy atom. The van der Waals surface area contributed by atoms with E-state index < -0.39 is 0 Å². The summed E-state index contributed by atoms with van der Waals surface area (Å²) in [6, 6.07) is 0. The van der Waals surface area contributed by atoms with E-state index in [4.69, 9.17) is 4.74 Å². The zero-order valence-electron chi connectivity index (χ0n) is 9.14. The summed E-state index contributed by atoms with van der Waals surface area (Å²) in [6.07, 6.45) is 3.25. The smallest absolute Gasteiger partial charge is 0.333 e. The summed E-state index contributed by atoms with van der Waals surface area (Å²) in [7, 11) is 0. The fourth-order valence-corrected chi connectivity index (χ4v) is 0.829. The summed E-state index contributed by atoms with van der Waals surface area (Å²) in [5.41, 5.74) is 1.76. The van der Waals surface area contributed by atoms with Crippen LogP contribution in [0.15, 0.2) is 11.1 Å². The third-order valence-electron chi connectivity index (χ3n) is 2.04. The minimum absolute atomic E-state index is 0.170. The second kappa shape index (κ2) is 6.70. The number of unbranched alkanes of at least 4 members (excludes halogenated alkanes) is 2. The average Bonchev–Trinajstić information content (AvgIpc) is 2.10. The van der Waals surface area contributed by atoms with E-state index in [9.17, 15) is 4.79 Å². The van der Waals surface area contributed by atoms with E-state index in [0.717, 1.165) is 30.4 Å². The molecule has 0 amide bonds. The van der Waals surface area contributed by atoms with Crippen LogP contribution in [0.5, 0.6) is 0 Å².